The molecule has 29 heavy (non-hydrogen) atoms. The van der Waals surface area contributed by atoms with Gasteiger partial charge in [-0.1, -0.05) is 42.5 Å². The van der Waals surface area contributed by atoms with Crippen molar-refractivity contribution in [1.82, 2.24) is 4.90 Å². The number of carbonyl (C=O) groups excluding carboxylic acids is 1. The second kappa shape index (κ2) is 7.75. The summed E-state index contributed by atoms with van der Waals surface area (Å²) in [6.07, 6.45) is -0.457. The van der Waals surface area contributed by atoms with Crippen molar-refractivity contribution in [2.75, 3.05) is 19.5 Å². The summed E-state index contributed by atoms with van der Waals surface area (Å²) in [7, 11) is 2.96. The van der Waals surface area contributed by atoms with Crippen molar-refractivity contribution in [3.05, 3.63) is 83.4 Å². The minimum Gasteiger partial charge on any atom is -0.502 e. The van der Waals surface area contributed by atoms with Crippen molar-refractivity contribution in [2.24, 2.45) is 0 Å². The van der Waals surface area contributed by atoms with Crippen LogP contribution in [0.2, 0.25) is 0 Å². The van der Waals surface area contributed by atoms with Crippen molar-refractivity contribution in [3.63, 3.8) is 0 Å². The Balaban J connectivity index is 1.81. The van der Waals surface area contributed by atoms with Gasteiger partial charge in [0.05, 0.1) is 19.8 Å². The number of para-hydroxylation sites is 1. The molecule has 0 bridgehead atoms. The van der Waals surface area contributed by atoms with Gasteiger partial charge in [-0.15, -0.1) is 0 Å². The molecule has 0 unspecified atom stereocenters. The maximum atomic E-state index is 13.4. The number of ether oxygens (including phenoxy) is 2. The molecule has 3 aromatic rings. The predicted octanol–water partition coefficient (Wildman–Crippen LogP) is 4.18. The van der Waals surface area contributed by atoms with E-state index in [4.69, 9.17) is 9.47 Å². The predicted molar refractivity (Wildman–Crippen MR) is 110 cm³/mol. The van der Waals surface area contributed by atoms with Gasteiger partial charge in [0.25, 0.3) is 5.91 Å². The summed E-state index contributed by atoms with van der Waals surface area (Å²) in [4.78, 5) is 15.1. The Bertz CT molecular complexity index is 1010. The first-order chi connectivity index (χ1) is 14.1. The van der Waals surface area contributed by atoms with E-state index in [1.807, 2.05) is 54.6 Å². The second-order valence-electron chi connectivity index (χ2n) is 6.79. The van der Waals surface area contributed by atoms with Gasteiger partial charge < -0.3 is 24.8 Å². The van der Waals surface area contributed by atoms with Gasteiger partial charge in [0.2, 0.25) is 5.75 Å². The van der Waals surface area contributed by atoms with E-state index in [2.05, 4.69) is 5.32 Å². The van der Waals surface area contributed by atoms with Crippen LogP contribution in [-0.4, -0.2) is 30.1 Å². The van der Waals surface area contributed by atoms with E-state index in [1.165, 1.54) is 14.2 Å². The van der Waals surface area contributed by atoms with Crippen LogP contribution in [0, 0.1) is 0 Å². The molecular weight excluding hydrogens is 368 g/mol. The Kier molecular flexibility index (Phi) is 4.99. The normalized spacial score (nSPS) is 15.4. The number of phenols is 1. The van der Waals surface area contributed by atoms with Gasteiger partial charge in [0, 0.05) is 17.8 Å². The van der Waals surface area contributed by atoms with Crippen molar-refractivity contribution in [3.8, 4) is 17.2 Å². The lowest BCUT2D eigenvalue weighted by molar-refractivity contribution is 0.0666. The molecule has 1 atom stereocenters. The third kappa shape index (κ3) is 3.45. The summed E-state index contributed by atoms with van der Waals surface area (Å²) in [6.45, 7) is 0.428. The number of carbonyl (C=O) groups is 1. The molecule has 0 radical (unpaired) electrons. The maximum Gasteiger partial charge on any atom is 0.258 e. The summed E-state index contributed by atoms with van der Waals surface area (Å²) in [6, 6.07) is 20.7. The van der Waals surface area contributed by atoms with Crippen LogP contribution < -0.4 is 14.8 Å². The van der Waals surface area contributed by atoms with Gasteiger partial charge in [-0.3, -0.25) is 4.79 Å². The van der Waals surface area contributed by atoms with Gasteiger partial charge >= 0.3 is 0 Å². The number of hydrogen-bond acceptors (Lipinski definition) is 5. The first-order valence-corrected chi connectivity index (χ1v) is 9.27. The molecule has 0 saturated carbocycles. The number of benzene rings is 3. The van der Waals surface area contributed by atoms with E-state index < -0.39 is 6.17 Å². The molecule has 1 aliphatic heterocycles. The third-order valence-corrected chi connectivity index (χ3v) is 5.04. The number of hydrogen-bond donors (Lipinski definition) is 2. The zero-order valence-corrected chi connectivity index (χ0v) is 16.3. The highest BCUT2D eigenvalue weighted by molar-refractivity contribution is 6.01. The first kappa shape index (κ1) is 18.7. The number of anilines is 1. The van der Waals surface area contributed by atoms with Gasteiger partial charge in [-0.2, -0.15) is 0 Å². The molecule has 6 nitrogen and oxygen atoms in total. The SMILES string of the molecule is COc1cc([C@@H]2Nc3ccccc3C(=O)N2Cc2ccccc2)cc(OC)c1O. The van der Waals surface area contributed by atoms with Gasteiger partial charge in [0.15, 0.2) is 11.5 Å². The minimum absolute atomic E-state index is 0.0702. The standard InChI is InChI=1S/C23H22N2O4/c1-28-19-12-16(13-20(29-2)21(19)26)22-24-18-11-7-6-10-17(18)23(27)25(22)14-15-8-4-3-5-9-15/h3-13,22,24,26H,14H2,1-2H3/t22-/m1/s1. The van der Waals surface area contributed by atoms with Crippen LogP contribution in [0.25, 0.3) is 0 Å². The van der Waals surface area contributed by atoms with Crippen molar-refractivity contribution in [2.45, 2.75) is 12.7 Å². The van der Waals surface area contributed by atoms with Crippen LogP contribution in [0.4, 0.5) is 5.69 Å². The minimum atomic E-state index is -0.457. The molecule has 0 fully saturated rings. The molecule has 1 aliphatic rings. The van der Waals surface area contributed by atoms with Crippen LogP contribution >= 0.6 is 0 Å². The number of phenolic OH excluding ortho intramolecular Hbond substituents is 1. The highest BCUT2D eigenvalue weighted by Crippen LogP contribution is 2.42. The molecule has 0 aromatic heterocycles. The first-order valence-electron chi connectivity index (χ1n) is 9.27. The average molecular weight is 390 g/mol. The number of nitrogens with zero attached hydrogens (tertiary/aromatic N) is 1. The van der Waals surface area contributed by atoms with E-state index >= 15 is 0 Å². The summed E-state index contributed by atoms with van der Waals surface area (Å²) < 4.78 is 10.6. The van der Waals surface area contributed by atoms with E-state index in [1.54, 1.807) is 17.0 Å². The van der Waals surface area contributed by atoms with E-state index in [0.29, 0.717) is 12.1 Å². The fourth-order valence-electron chi connectivity index (χ4n) is 3.57. The zero-order chi connectivity index (χ0) is 20.4. The lowest BCUT2D eigenvalue weighted by atomic mass is 10.0. The highest BCUT2D eigenvalue weighted by atomic mass is 16.5. The number of fused-ring (bicyclic) bond motifs is 1. The van der Waals surface area contributed by atoms with Crippen LogP contribution in [0.5, 0.6) is 17.2 Å². The summed E-state index contributed by atoms with van der Waals surface area (Å²) >= 11 is 0. The molecule has 148 valence electrons. The molecule has 1 heterocycles. The molecule has 4 rings (SSSR count). The van der Waals surface area contributed by atoms with Crippen molar-refractivity contribution >= 4 is 11.6 Å². The van der Waals surface area contributed by atoms with Crippen LogP contribution in [0.15, 0.2) is 66.7 Å². The van der Waals surface area contributed by atoms with Gasteiger partial charge in [0.1, 0.15) is 6.17 Å². The topological polar surface area (TPSA) is 71.0 Å². The summed E-state index contributed by atoms with van der Waals surface area (Å²) in [5.74, 6) is 0.425. The van der Waals surface area contributed by atoms with E-state index in [0.717, 1.165) is 16.8 Å². The van der Waals surface area contributed by atoms with E-state index in [-0.39, 0.29) is 23.2 Å². The Hall–Kier alpha value is -3.67. The van der Waals surface area contributed by atoms with E-state index in [9.17, 15) is 9.90 Å². The van der Waals surface area contributed by atoms with Gasteiger partial charge in [-0.25, -0.2) is 0 Å². The fraction of sp³-hybridized carbons (Fsp3) is 0.174. The lowest BCUT2D eigenvalue weighted by Gasteiger charge is -2.38. The Morgan fingerprint density at radius 3 is 2.24 bits per heavy atom. The zero-order valence-electron chi connectivity index (χ0n) is 16.3. The van der Waals surface area contributed by atoms with Crippen molar-refractivity contribution in [1.29, 1.82) is 0 Å². The van der Waals surface area contributed by atoms with Crippen molar-refractivity contribution < 1.29 is 19.4 Å². The third-order valence-electron chi connectivity index (χ3n) is 5.04. The Morgan fingerprint density at radius 1 is 0.966 bits per heavy atom. The highest BCUT2D eigenvalue weighted by Gasteiger charge is 2.33. The molecule has 2 N–H and O–H groups in total. The summed E-state index contributed by atoms with van der Waals surface area (Å²) in [5.41, 5.74) is 3.15. The fourth-order valence-corrected chi connectivity index (χ4v) is 3.57. The molecular formula is C23H22N2O4. The molecule has 0 spiro atoms. The second-order valence-corrected chi connectivity index (χ2v) is 6.79. The molecule has 3 aromatic carbocycles. The number of aromatic hydroxyl groups is 1. The number of methoxy groups -OCH3 is 2. The Labute approximate surface area is 169 Å². The lowest BCUT2D eigenvalue weighted by Crippen LogP contribution is -2.42. The average Bonchev–Trinajstić information content (AvgIpc) is 2.76. The number of rotatable bonds is 5. The number of amides is 1. The molecule has 0 saturated heterocycles. The van der Waals surface area contributed by atoms with Crippen LogP contribution in [0.3, 0.4) is 0 Å². The smallest absolute Gasteiger partial charge is 0.258 e. The molecule has 1 amide bonds. The Morgan fingerprint density at radius 2 is 1.59 bits per heavy atom. The van der Waals surface area contributed by atoms with Crippen LogP contribution in [-0.2, 0) is 6.54 Å². The van der Waals surface area contributed by atoms with Crippen LogP contribution in [0.1, 0.15) is 27.7 Å². The molecule has 6 heteroatoms. The largest absolute Gasteiger partial charge is 0.502 e. The van der Waals surface area contributed by atoms with Gasteiger partial charge in [-0.05, 0) is 29.8 Å². The maximum absolute atomic E-state index is 13.4. The monoisotopic (exact) mass is 390 g/mol. The molecule has 0 aliphatic carbocycles. The number of nitrogens with one attached hydrogen (secondary N) is 1. The summed E-state index contributed by atoms with van der Waals surface area (Å²) in [5, 5.41) is 13.7. The quantitative estimate of drug-likeness (QED) is 0.684.